The lowest BCUT2D eigenvalue weighted by atomic mass is 9.97. The van der Waals surface area contributed by atoms with E-state index < -0.39 is 5.54 Å². The van der Waals surface area contributed by atoms with Crippen LogP contribution in [0.2, 0.25) is 0 Å². The molecule has 0 saturated heterocycles. The van der Waals surface area contributed by atoms with Crippen LogP contribution in [-0.4, -0.2) is 22.5 Å². The lowest BCUT2D eigenvalue weighted by Crippen LogP contribution is -2.55. The molecule has 0 aliphatic carbocycles. The lowest BCUT2D eigenvalue weighted by molar-refractivity contribution is 0.0924. The van der Waals surface area contributed by atoms with Crippen molar-refractivity contribution >= 4 is 50.3 Å². The van der Waals surface area contributed by atoms with Gasteiger partial charge in [0, 0.05) is 8.04 Å². The average molecular weight is 440 g/mol. The van der Waals surface area contributed by atoms with Crippen LogP contribution in [0.5, 0.6) is 0 Å². The summed E-state index contributed by atoms with van der Waals surface area (Å²) in [6.45, 7) is 3.56. The van der Waals surface area contributed by atoms with Crippen molar-refractivity contribution in [1.82, 2.24) is 5.32 Å². The molecule has 1 rings (SSSR count). The molecule has 1 amide bonds. The molecule has 0 spiro atoms. The van der Waals surface area contributed by atoms with E-state index in [1.807, 2.05) is 19.1 Å². The van der Waals surface area contributed by atoms with Gasteiger partial charge < -0.3 is 16.3 Å². The van der Waals surface area contributed by atoms with Crippen LogP contribution in [0.3, 0.4) is 0 Å². The highest BCUT2D eigenvalue weighted by Crippen LogP contribution is 2.20. The van der Waals surface area contributed by atoms with Crippen LogP contribution in [0.1, 0.15) is 30.6 Å². The number of benzene rings is 1. The Bertz CT molecular complexity index is 522. The van der Waals surface area contributed by atoms with Crippen LogP contribution in [0, 0.1) is 3.57 Å². The molecule has 1 unspecified atom stereocenters. The molecule has 1 atom stereocenters. The number of nitrogens with one attached hydrogen (secondary N) is 1. The molecule has 1 aromatic rings. The topological polar surface area (TPSA) is 87.7 Å². The van der Waals surface area contributed by atoms with Gasteiger partial charge in [0.25, 0.3) is 5.91 Å². The van der Waals surface area contributed by atoms with Gasteiger partial charge in [-0.3, -0.25) is 4.79 Å². The molecular formula is C12H15BrIN3O2. The SMILES string of the molecule is CCC(C)(NC(=O)c1cc(Br)ccc1I)/C(N)=N/O. The van der Waals surface area contributed by atoms with E-state index in [2.05, 4.69) is 49.0 Å². The maximum atomic E-state index is 12.3. The summed E-state index contributed by atoms with van der Waals surface area (Å²) in [5, 5.41) is 14.6. The smallest absolute Gasteiger partial charge is 0.253 e. The van der Waals surface area contributed by atoms with Crippen LogP contribution in [0.15, 0.2) is 27.8 Å². The molecule has 0 aliphatic rings. The zero-order chi connectivity index (χ0) is 14.6. The number of halogens is 2. The summed E-state index contributed by atoms with van der Waals surface area (Å²) in [6.07, 6.45) is 0.513. The predicted octanol–water partition coefficient (Wildman–Crippen LogP) is 2.70. The summed E-state index contributed by atoms with van der Waals surface area (Å²) in [4.78, 5) is 12.3. The highest BCUT2D eigenvalue weighted by molar-refractivity contribution is 14.1. The Hall–Kier alpha value is -0.830. The first-order chi connectivity index (χ1) is 8.84. The number of carbonyl (C=O) groups is 1. The van der Waals surface area contributed by atoms with E-state index in [1.165, 1.54) is 0 Å². The van der Waals surface area contributed by atoms with E-state index in [4.69, 9.17) is 10.9 Å². The molecule has 0 saturated carbocycles. The fourth-order valence-corrected chi connectivity index (χ4v) is 2.37. The molecule has 0 radical (unpaired) electrons. The first-order valence-electron chi connectivity index (χ1n) is 5.59. The van der Waals surface area contributed by atoms with Crippen LogP contribution < -0.4 is 11.1 Å². The van der Waals surface area contributed by atoms with Crippen molar-refractivity contribution in [1.29, 1.82) is 0 Å². The summed E-state index contributed by atoms with van der Waals surface area (Å²) in [5.41, 5.74) is 5.29. The third-order valence-corrected chi connectivity index (χ3v) is 4.38. The second kappa shape index (κ2) is 6.56. The van der Waals surface area contributed by atoms with Crippen molar-refractivity contribution in [3.8, 4) is 0 Å². The van der Waals surface area contributed by atoms with E-state index in [0.29, 0.717) is 12.0 Å². The Labute approximate surface area is 133 Å². The van der Waals surface area contributed by atoms with Crippen molar-refractivity contribution in [2.75, 3.05) is 0 Å². The molecule has 1 aromatic carbocycles. The zero-order valence-electron chi connectivity index (χ0n) is 10.6. The van der Waals surface area contributed by atoms with Gasteiger partial charge >= 0.3 is 0 Å². The molecule has 4 N–H and O–H groups in total. The summed E-state index contributed by atoms with van der Waals surface area (Å²) >= 11 is 5.42. The van der Waals surface area contributed by atoms with Crippen LogP contribution in [-0.2, 0) is 0 Å². The van der Waals surface area contributed by atoms with Crippen molar-refractivity contribution in [2.24, 2.45) is 10.9 Å². The van der Waals surface area contributed by atoms with E-state index in [9.17, 15) is 4.79 Å². The highest BCUT2D eigenvalue weighted by Gasteiger charge is 2.30. The Kier molecular flexibility index (Phi) is 5.60. The van der Waals surface area contributed by atoms with Gasteiger partial charge in [-0.2, -0.15) is 0 Å². The first kappa shape index (κ1) is 16.2. The minimum absolute atomic E-state index is 0.0200. The molecular weight excluding hydrogens is 425 g/mol. The second-order valence-corrected chi connectivity index (χ2v) is 6.33. The van der Waals surface area contributed by atoms with Gasteiger partial charge in [-0.15, -0.1) is 0 Å². The normalized spacial score (nSPS) is 14.8. The molecule has 7 heteroatoms. The number of oxime groups is 1. The molecule has 19 heavy (non-hydrogen) atoms. The number of nitrogens with two attached hydrogens (primary N) is 1. The van der Waals surface area contributed by atoms with Gasteiger partial charge in [-0.1, -0.05) is 28.0 Å². The minimum Gasteiger partial charge on any atom is -0.409 e. The first-order valence-corrected chi connectivity index (χ1v) is 7.46. The Morgan fingerprint density at radius 1 is 1.63 bits per heavy atom. The maximum absolute atomic E-state index is 12.3. The molecule has 0 aliphatic heterocycles. The number of rotatable bonds is 4. The summed E-state index contributed by atoms with van der Waals surface area (Å²) in [7, 11) is 0. The van der Waals surface area contributed by atoms with Crippen LogP contribution in [0.25, 0.3) is 0 Å². The maximum Gasteiger partial charge on any atom is 0.253 e. The molecule has 0 aromatic heterocycles. The van der Waals surface area contributed by atoms with Crippen LogP contribution in [0.4, 0.5) is 0 Å². The number of amides is 1. The van der Waals surface area contributed by atoms with Gasteiger partial charge in [-0.05, 0) is 54.1 Å². The fourth-order valence-electron chi connectivity index (χ4n) is 1.43. The molecule has 5 nitrogen and oxygen atoms in total. The number of hydrogen-bond donors (Lipinski definition) is 3. The number of amidine groups is 1. The Balaban J connectivity index is 3.05. The number of hydrogen-bond acceptors (Lipinski definition) is 3. The third kappa shape index (κ3) is 3.82. The minimum atomic E-state index is -0.878. The zero-order valence-corrected chi connectivity index (χ0v) is 14.3. The second-order valence-electron chi connectivity index (χ2n) is 4.25. The molecule has 104 valence electrons. The number of nitrogens with zero attached hydrogens (tertiary/aromatic N) is 1. The third-order valence-electron chi connectivity index (χ3n) is 2.94. The van der Waals surface area contributed by atoms with E-state index >= 15 is 0 Å². The van der Waals surface area contributed by atoms with Crippen molar-refractivity contribution in [3.05, 3.63) is 31.8 Å². The van der Waals surface area contributed by atoms with Gasteiger partial charge in [-0.25, -0.2) is 0 Å². The Morgan fingerprint density at radius 3 is 2.79 bits per heavy atom. The quantitative estimate of drug-likeness (QED) is 0.221. The highest BCUT2D eigenvalue weighted by atomic mass is 127. The average Bonchev–Trinajstić information content (AvgIpc) is 2.40. The number of carbonyl (C=O) groups excluding carboxylic acids is 1. The largest absolute Gasteiger partial charge is 0.409 e. The van der Waals surface area contributed by atoms with Crippen molar-refractivity contribution in [2.45, 2.75) is 25.8 Å². The van der Waals surface area contributed by atoms with E-state index in [0.717, 1.165) is 8.04 Å². The van der Waals surface area contributed by atoms with Crippen molar-refractivity contribution < 1.29 is 10.0 Å². The van der Waals surface area contributed by atoms with E-state index in [-0.39, 0.29) is 11.7 Å². The van der Waals surface area contributed by atoms with Crippen molar-refractivity contribution in [3.63, 3.8) is 0 Å². The van der Waals surface area contributed by atoms with Gasteiger partial charge in [0.2, 0.25) is 0 Å². The molecule has 0 bridgehead atoms. The fraction of sp³-hybridized carbons (Fsp3) is 0.333. The summed E-state index contributed by atoms with van der Waals surface area (Å²) < 4.78 is 1.65. The standard InChI is InChI=1S/C12H15BrIN3O2/c1-3-12(2,11(15)17-19)16-10(18)8-6-7(13)4-5-9(8)14/h4-6,19H,3H2,1-2H3,(H2,15,17)(H,16,18). The van der Waals surface area contributed by atoms with E-state index in [1.54, 1.807) is 13.0 Å². The van der Waals surface area contributed by atoms with Crippen LogP contribution >= 0.6 is 38.5 Å². The summed E-state index contributed by atoms with van der Waals surface area (Å²) in [5.74, 6) is -0.282. The van der Waals surface area contributed by atoms with Gasteiger partial charge in [0.15, 0.2) is 5.84 Å². The monoisotopic (exact) mass is 439 g/mol. The van der Waals surface area contributed by atoms with Gasteiger partial charge in [0.1, 0.15) is 0 Å². The lowest BCUT2D eigenvalue weighted by Gasteiger charge is -2.28. The van der Waals surface area contributed by atoms with Gasteiger partial charge in [0.05, 0.1) is 11.1 Å². The molecule has 0 fully saturated rings. The Morgan fingerprint density at radius 2 is 2.26 bits per heavy atom. The predicted molar refractivity (Wildman–Crippen MR) is 86.4 cm³/mol. The molecule has 0 heterocycles. The summed E-state index contributed by atoms with van der Waals surface area (Å²) in [6, 6.07) is 5.44.